The van der Waals surface area contributed by atoms with Gasteiger partial charge in [-0.05, 0) is 24.1 Å². The van der Waals surface area contributed by atoms with E-state index in [4.69, 9.17) is 0 Å². The zero-order valence-corrected chi connectivity index (χ0v) is 12.4. The van der Waals surface area contributed by atoms with Gasteiger partial charge in [0.15, 0.2) is 5.78 Å². The Kier molecular flexibility index (Phi) is 5.59. The van der Waals surface area contributed by atoms with Crippen LogP contribution >= 0.6 is 15.9 Å². The van der Waals surface area contributed by atoms with Gasteiger partial charge in [0.05, 0.1) is 5.56 Å². The van der Waals surface area contributed by atoms with Crippen LogP contribution < -0.4 is 0 Å². The molecule has 0 fully saturated rings. The van der Waals surface area contributed by atoms with Gasteiger partial charge in [0, 0.05) is 16.5 Å². The second-order valence-electron chi connectivity index (χ2n) is 4.50. The number of alkyl halides is 3. The van der Waals surface area contributed by atoms with Crippen LogP contribution in [-0.2, 0) is 6.18 Å². The van der Waals surface area contributed by atoms with Crippen molar-refractivity contribution in [1.82, 2.24) is 0 Å². The van der Waals surface area contributed by atoms with Gasteiger partial charge in [-0.15, -0.1) is 0 Å². The Balaban J connectivity index is 3.02. The molecule has 106 valence electrons. The van der Waals surface area contributed by atoms with Gasteiger partial charge in [-0.2, -0.15) is 13.2 Å². The number of carbonyl (C=O) groups is 1. The fourth-order valence-corrected chi connectivity index (χ4v) is 2.33. The predicted molar refractivity (Wildman–Crippen MR) is 72.2 cm³/mol. The Bertz CT molecular complexity index is 450. The van der Waals surface area contributed by atoms with E-state index in [1.54, 1.807) is 0 Å². The average Bonchev–Trinajstić information content (AvgIpc) is 2.34. The second-order valence-corrected chi connectivity index (χ2v) is 5.36. The van der Waals surface area contributed by atoms with Crippen LogP contribution in [0.4, 0.5) is 13.2 Å². The molecule has 0 amide bonds. The van der Waals surface area contributed by atoms with Crippen molar-refractivity contribution in [1.29, 1.82) is 0 Å². The third-order valence-electron chi connectivity index (χ3n) is 3.22. The maximum atomic E-state index is 12.6. The van der Waals surface area contributed by atoms with E-state index >= 15 is 0 Å². The zero-order chi connectivity index (χ0) is 14.6. The summed E-state index contributed by atoms with van der Waals surface area (Å²) in [7, 11) is 0. The first-order valence-electron chi connectivity index (χ1n) is 6.19. The molecule has 0 saturated heterocycles. The fourth-order valence-electron chi connectivity index (χ4n) is 1.86. The van der Waals surface area contributed by atoms with Crippen molar-refractivity contribution in [2.45, 2.75) is 39.3 Å². The van der Waals surface area contributed by atoms with Crippen molar-refractivity contribution in [2.75, 3.05) is 0 Å². The topological polar surface area (TPSA) is 17.1 Å². The van der Waals surface area contributed by atoms with Crippen molar-refractivity contribution in [3.8, 4) is 0 Å². The third kappa shape index (κ3) is 4.34. The summed E-state index contributed by atoms with van der Waals surface area (Å²) in [6, 6.07) is 3.18. The highest BCUT2D eigenvalue weighted by Gasteiger charge is 2.31. The molecule has 5 heteroatoms. The molecular weight excluding hydrogens is 321 g/mol. The number of hydrogen-bond donors (Lipinski definition) is 0. The number of benzene rings is 1. The molecule has 0 bridgehead atoms. The molecule has 0 atom stereocenters. The molecule has 0 aliphatic carbocycles. The Hall–Kier alpha value is -0.840. The molecule has 0 unspecified atom stereocenters. The van der Waals surface area contributed by atoms with E-state index in [2.05, 4.69) is 15.9 Å². The highest BCUT2D eigenvalue weighted by atomic mass is 79.9. The van der Waals surface area contributed by atoms with Crippen LogP contribution in [0.15, 0.2) is 22.7 Å². The number of Topliss-reactive ketones (excluding diaryl/α,β-unsaturated/α-hetero) is 1. The summed E-state index contributed by atoms with van der Waals surface area (Å²) in [5, 5.41) is 0. The number of halogens is 4. The Morgan fingerprint density at radius 2 is 1.84 bits per heavy atom. The minimum atomic E-state index is -4.43. The molecular formula is C14H16BrF3O. The summed E-state index contributed by atoms with van der Waals surface area (Å²) in [4.78, 5) is 12.1. The van der Waals surface area contributed by atoms with E-state index in [9.17, 15) is 18.0 Å². The van der Waals surface area contributed by atoms with Crippen molar-refractivity contribution in [2.24, 2.45) is 5.92 Å². The first-order valence-corrected chi connectivity index (χ1v) is 6.98. The highest BCUT2D eigenvalue weighted by Crippen LogP contribution is 2.32. The third-order valence-corrected chi connectivity index (χ3v) is 3.91. The van der Waals surface area contributed by atoms with Crippen LogP contribution in [0.25, 0.3) is 0 Å². The van der Waals surface area contributed by atoms with E-state index < -0.39 is 11.7 Å². The SMILES string of the molecule is CCC(CC)CC(=O)c1cc(C(F)(F)F)ccc1Br. The van der Waals surface area contributed by atoms with Crippen molar-refractivity contribution < 1.29 is 18.0 Å². The number of ketones is 1. The lowest BCUT2D eigenvalue weighted by Gasteiger charge is -2.13. The summed E-state index contributed by atoms with van der Waals surface area (Å²) in [6.07, 6.45) is -2.45. The molecule has 19 heavy (non-hydrogen) atoms. The molecule has 0 aliphatic rings. The number of hydrogen-bond acceptors (Lipinski definition) is 1. The first kappa shape index (κ1) is 16.2. The Morgan fingerprint density at radius 3 is 2.32 bits per heavy atom. The largest absolute Gasteiger partial charge is 0.416 e. The van der Waals surface area contributed by atoms with E-state index in [0.29, 0.717) is 4.47 Å². The van der Waals surface area contributed by atoms with Crippen LogP contribution in [0.5, 0.6) is 0 Å². The Morgan fingerprint density at radius 1 is 1.26 bits per heavy atom. The van der Waals surface area contributed by atoms with Crippen LogP contribution in [0.3, 0.4) is 0 Å². The monoisotopic (exact) mass is 336 g/mol. The van der Waals surface area contributed by atoms with Gasteiger partial charge in [-0.1, -0.05) is 42.6 Å². The van der Waals surface area contributed by atoms with Gasteiger partial charge in [-0.3, -0.25) is 4.79 Å². The van der Waals surface area contributed by atoms with Crippen molar-refractivity contribution in [3.63, 3.8) is 0 Å². The highest BCUT2D eigenvalue weighted by molar-refractivity contribution is 9.10. The molecule has 0 saturated carbocycles. The summed E-state index contributed by atoms with van der Waals surface area (Å²) in [6.45, 7) is 3.95. The lowest BCUT2D eigenvalue weighted by atomic mass is 9.93. The normalized spacial score (nSPS) is 11.9. The molecule has 0 radical (unpaired) electrons. The van der Waals surface area contributed by atoms with Crippen molar-refractivity contribution >= 4 is 21.7 Å². The summed E-state index contributed by atoms with van der Waals surface area (Å²) in [5.41, 5.74) is -0.676. The lowest BCUT2D eigenvalue weighted by molar-refractivity contribution is -0.137. The Labute approximate surface area is 119 Å². The fraction of sp³-hybridized carbons (Fsp3) is 0.500. The van der Waals surface area contributed by atoms with Gasteiger partial charge < -0.3 is 0 Å². The molecule has 0 aromatic heterocycles. The van der Waals surface area contributed by atoms with Crippen LogP contribution in [-0.4, -0.2) is 5.78 Å². The summed E-state index contributed by atoms with van der Waals surface area (Å²) < 4.78 is 38.3. The maximum absolute atomic E-state index is 12.6. The van der Waals surface area contributed by atoms with Crippen molar-refractivity contribution in [3.05, 3.63) is 33.8 Å². The van der Waals surface area contributed by atoms with E-state index in [-0.39, 0.29) is 23.7 Å². The van der Waals surface area contributed by atoms with E-state index in [1.165, 1.54) is 6.07 Å². The average molecular weight is 337 g/mol. The molecule has 1 nitrogen and oxygen atoms in total. The smallest absolute Gasteiger partial charge is 0.294 e. The lowest BCUT2D eigenvalue weighted by Crippen LogP contribution is -2.11. The van der Waals surface area contributed by atoms with Gasteiger partial charge in [0.1, 0.15) is 0 Å². The number of rotatable bonds is 5. The van der Waals surface area contributed by atoms with Gasteiger partial charge in [-0.25, -0.2) is 0 Å². The summed E-state index contributed by atoms with van der Waals surface area (Å²) >= 11 is 3.14. The maximum Gasteiger partial charge on any atom is 0.416 e. The molecule has 0 heterocycles. The molecule has 1 aromatic rings. The molecule has 0 spiro atoms. The molecule has 1 rings (SSSR count). The molecule has 1 aromatic carbocycles. The van der Waals surface area contributed by atoms with Gasteiger partial charge in [0.25, 0.3) is 0 Å². The quantitative estimate of drug-likeness (QED) is 0.651. The van der Waals surface area contributed by atoms with E-state index in [1.807, 2.05) is 13.8 Å². The molecule has 0 aliphatic heterocycles. The van der Waals surface area contributed by atoms with Crippen LogP contribution in [0.2, 0.25) is 0 Å². The molecule has 0 N–H and O–H groups in total. The minimum absolute atomic E-state index is 0.113. The van der Waals surface area contributed by atoms with Gasteiger partial charge in [0.2, 0.25) is 0 Å². The summed E-state index contributed by atoms with van der Waals surface area (Å²) in [5.74, 6) is -0.0272. The van der Waals surface area contributed by atoms with Gasteiger partial charge >= 0.3 is 6.18 Å². The minimum Gasteiger partial charge on any atom is -0.294 e. The predicted octanol–water partition coefficient (Wildman–Crippen LogP) is 5.48. The van der Waals surface area contributed by atoms with Crippen LogP contribution in [0, 0.1) is 5.92 Å². The number of carbonyl (C=O) groups excluding carboxylic acids is 1. The zero-order valence-electron chi connectivity index (χ0n) is 10.9. The first-order chi connectivity index (χ1) is 8.79. The van der Waals surface area contributed by atoms with E-state index in [0.717, 1.165) is 25.0 Å². The standard InChI is InChI=1S/C14H16BrF3O/c1-3-9(4-2)7-13(19)11-8-10(14(16,17)18)5-6-12(11)15/h5-6,8-9H,3-4,7H2,1-2H3. The second kappa shape index (κ2) is 6.55. The van der Waals surface area contributed by atoms with Crippen LogP contribution in [0.1, 0.15) is 49.0 Å².